The Kier molecular flexibility index (Phi) is 1.31. The van der Waals surface area contributed by atoms with Crippen LogP contribution in [0, 0.1) is 5.41 Å². The van der Waals surface area contributed by atoms with Gasteiger partial charge >= 0.3 is 6.18 Å². The van der Waals surface area contributed by atoms with Gasteiger partial charge in [-0.3, -0.25) is 4.79 Å². The van der Waals surface area contributed by atoms with E-state index >= 15 is 0 Å². The molecule has 0 spiro atoms. The Morgan fingerprint density at radius 2 is 1.80 bits per heavy atom. The van der Waals surface area contributed by atoms with Crippen molar-refractivity contribution in [1.82, 2.24) is 0 Å². The molecule has 1 aliphatic carbocycles. The summed E-state index contributed by atoms with van der Waals surface area (Å²) in [5.41, 5.74) is -1.72. The fraction of sp³-hybridized carbons (Fsp3) is 0.833. The Hall–Kier alpha value is -0.540. The Morgan fingerprint density at radius 3 is 1.90 bits per heavy atom. The maximum absolute atomic E-state index is 11.9. The van der Waals surface area contributed by atoms with Crippen LogP contribution in [0.5, 0.6) is 0 Å². The zero-order chi connectivity index (χ0) is 7.99. The fourth-order valence-corrected chi connectivity index (χ4v) is 1.02. The van der Waals surface area contributed by atoms with Gasteiger partial charge in [0.15, 0.2) is 0 Å². The topological polar surface area (TPSA) is 17.1 Å². The van der Waals surface area contributed by atoms with Crippen molar-refractivity contribution in [3.05, 3.63) is 0 Å². The minimum absolute atomic E-state index is 0.292. The van der Waals surface area contributed by atoms with E-state index in [4.69, 9.17) is 0 Å². The van der Waals surface area contributed by atoms with E-state index in [1.807, 2.05) is 0 Å². The summed E-state index contributed by atoms with van der Waals surface area (Å²) in [4.78, 5) is 10.3. The first-order valence-electron chi connectivity index (χ1n) is 2.94. The van der Waals surface area contributed by atoms with E-state index in [1.54, 1.807) is 0 Å². The molecule has 0 aromatic carbocycles. The van der Waals surface area contributed by atoms with E-state index in [-0.39, 0.29) is 18.6 Å². The van der Waals surface area contributed by atoms with E-state index in [2.05, 4.69) is 0 Å². The van der Waals surface area contributed by atoms with Crippen molar-refractivity contribution < 1.29 is 18.0 Å². The van der Waals surface area contributed by atoms with Gasteiger partial charge in [0.2, 0.25) is 0 Å². The third-order valence-corrected chi connectivity index (χ3v) is 1.86. The minimum atomic E-state index is -4.21. The van der Waals surface area contributed by atoms with E-state index < -0.39 is 11.6 Å². The van der Waals surface area contributed by atoms with Gasteiger partial charge in [0, 0.05) is 12.8 Å². The van der Waals surface area contributed by atoms with Crippen molar-refractivity contribution in [3.63, 3.8) is 0 Å². The molecule has 0 aliphatic heterocycles. The average molecular weight is 152 g/mol. The molecular formula is C6H7F3O. The minimum Gasteiger partial charge on any atom is -0.300 e. The molecule has 58 valence electrons. The first-order valence-corrected chi connectivity index (χ1v) is 2.94. The van der Waals surface area contributed by atoms with Crippen molar-refractivity contribution in [1.29, 1.82) is 0 Å². The highest BCUT2D eigenvalue weighted by atomic mass is 19.4. The maximum atomic E-state index is 11.9. The molecule has 0 radical (unpaired) electrons. The van der Waals surface area contributed by atoms with Crippen LogP contribution in [0.2, 0.25) is 0 Å². The lowest BCUT2D eigenvalue weighted by molar-refractivity contribution is -0.236. The molecule has 1 rings (SSSR count). The molecule has 1 saturated carbocycles. The van der Waals surface area contributed by atoms with Gasteiger partial charge in [-0.05, 0) is 0 Å². The van der Waals surface area contributed by atoms with Gasteiger partial charge in [-0.15, -0.1) is 0 Å². The summed E-state index contributed by atoms with van der Waals surface area (Å²) in [6.45, 7) is 1.08. The zero-order valence-electron chi connectivity index (χ0n) is 5.46. The second-order valence-electron chi connectivity index (χ2n) is 2.95. The molecule has 10 heavy (non-hydrogen) atoms. The largest absolute Gasteiger partial charge is 0.395 e. The standard InChI is InChI=1S/C6H7F3O/c1-5(6(7,8)9)2-4(10)3-5/h2-3H2,1H3. The molecule has 1 aliphatic rings. The average Bonchev–Trinajstić information content (AvgIpc) is 1.58. The first-order chi connectivity index (χ1) is 4.35. The molecule has 0 N–H and O–H groups in total. The van der Waals surface area contributed by atoms with Gasteiger partial charge in [0.25, 0.3) is 0 Å². The normalized spacial score (nSPS) is 24.2. The molecule has 0 heterocycles. The number of hydrogen-bond donors (Lipinski definition) is 0. The van der Waals surface area contributed by atoms with Gasteiger partial charge in [0.05, 0.1) is 5.41 Å². The lowest BCUT2D eigenvalue weighted by atomic mass is 9.69. The summed E-state index contributed by atoms with van der Waals surface area (Å²) in [5.74, 6) is -0.292. The third-order valence-electron chi connectivity index (χ3n) is 1.86. The quantitative estimate of drug-likeness (QED) is 0.518. The molecule has 0 unspecified atom stereocenters. The van der Waals surface area contributed by atoms with Crippen LogP contribution in [0.3, 0.4) is 0 Å². The predicted octanol–water partition coefficient (Wildman–Crippen LogP) is 1.92. The van der Waals surface area contributed by atoms with Crippen LogP contribution in [0.1, 0.15) is 19.8 Å². The van der Waals surface area contributed by atoms with Gasteiger partial charge in [0.1, 0.15) is 5.78 Å². The molecule has 0 amide bonds. The molecule has 0 aromatic heterocycles. The summed E-state index contributed by atoms with van der Waals surface area (Å²) in [5, 5.41) is 0. The van der Waals surface area contributed by atoms with Crippen molar-refractivity contribution in [2.24, 2.45) is 5.41 Å². The summed E-state index contributed by atoms with van der Waals surface area (Å²) in [7, 11) is 0. The number of rotatable bonds is 0. The highest BCUT2D eigenvalue weighted by Crippen LogP contribution is 2.50. The van der Waals surface area contributed by atoms with Gasteiger partial charge < -0.3 is 0 Å². The van der Waals surface area contributed by atoms with Gasteiger partial charge in [-0.25, -0.2) is 0 Å². The number of halogens is 3. The molecule has 4 heteroatoms. The lowest BCUT2D eigenvalue weighted by Crippen LogP contribution is -2.46. The van der Waals surface area contributed by atoms with E-state index in [1.165, 1.54) is 0 Å². The molecule has 0 aromatic rings. The summed E-state index contributed by atoms with van der Waals surface area (Å²) >= 11 is 0. The Labute approximate surface area is 56.2 Å². The highest BCUT2D eigenvalue weighted by Gasteiger charge is 2.58. The second kappa shape index (κ2) is 1.74. The third kappa shape index (κ3) is 0.914. The Balaban J connectivity index is 2.65. The first kappa shape index (κ1) is 7.57. The zero-order valence-corrected chi connectivity index (χ0v) is 5.46. The highest BCUT2D eigenvalue weighted by molar-refractivity contribution is 5.86. The number of carbonyl (C=O) groups excluding carboxylic acids is 1. The summed E-state index contributed by atoms with van der Waals surface area (Å²) < 4.78 is 35.7. The predicted molar refractivity (Wildman–Crippen MR) is 28.4 cm³/mol. The van der Waals surface area contributed by atoms with Gasteiger partial charge in [-0.2, -0.15) is 13.2 Å². The lowest BCUT2D eigenvalue weighted by Gasteiger charge is -2.38. The molecule has 0 atom stereocenters. The van der Waals surface area contributed by atoms with E-state index in [0.29, 0.717) is 0 Å². The number of ketones is 1. The molecule has 1 nitrogen and oxygen atoms in total. The van der Waals surface area contributed by atoms with Crippen LogP contribution in [0.25, 0.3) is 0 Å². The van der Waals surface area contributed by atoms with Crippen LogP contribution in [-0.4, -0.2) is 12.0 Å². The van der Waals surface area contributed by atoms with E-state index in [0.717, 1.165) is 6.92 Å². The molecular weight excluding hydrogens is 145 g/mol. The number of carbonyl (C=O) groups is 1. The molecule has 0 bridgehead atoms. The fourth-order valence-electron chi connectivity index (χ4n) is 1.02. The van der Waals surface area contributed by atoms with Crippen molar-refractivity contribution in [2.45, 2.75) is 25.9 Å². The number of Topliss-reactive ketones (excluding diaryl/α,β-unsaturated/α-hetero) is 1. The van der Waals surface area contributed by atoms with Crippen LogP contribution in [0.15, 0.2) is 0 Å². The van der Waals surface area contributed by atoms with Crippen LogP contribution in [-0.2, 0) is 4.79 Å². The number of alkyl halides is 3. The van der Waals surface area contributed by atoms with Crippen LogP contribution >= 0.6 is 0 Å². The Bertz CT molecular complexity index is 162. The SMILES string of the molecule is CC1(C(F)(F)F)CC(=O)C1. The maximum Gasteiger partial charge on any atom is 0.395 e. The molecule has 1 fully saturated rings. The van der Waals surface area contributed by atoms with Crippen LogP contribution < -0.4 is 0 Å². The monoisotopic (exact) mass is 152 g/mol. The molecule has 0 saturated heterocycles. The van der Waals surface area contributed by atoms with Crippen molar-refractivity contribution >= 4 is 5.78 Å². The summed E-state index contributed by atoms with van der Waals surface area (Å²) in [6, 6.07) is 0. The van der Waals surface area contributed by atoms with Crippen molar-refractivity contribution in [2.75, 3.05) is 0 Å². The smallest absolute Gasteiger partial charge is 0.300 e. The van der Waals surface area contributed by atoms with E-state index in [9.17, 15) is 18.0 Å². The Morgan fingerprint density at radius 1 is 1.40 bits per heavy atom. The number of hydrogen-bond acceptors (Lipinski definition) is 1. The van der Waals surface area contributed by atoms with Crippen LogP contribution in [0.4, 0.5) is 13.2 Å². The van der Waals surface area contributed by atoms with Gasteiger partial charge in [-0.1, -0.05) is 6.92 Å². The summed E-state index contributed by atoms with van der Waals surface area (Å²) in [6.07, 6.45) is -4.88. The second-order valence-corrected chi connectivity index (χ2v) is 2.95. The van der Waals surface area contributed by atoms with Crippen molar-refractivity contribution in [3.8, 4) is 0 Å².